The highest BCUT2D eigenvalue weighted by atomic mass is 35.5. The molecule has 2 fully saturated rings. The van der Waals surface area contributed by atoms with Gasteiger partial charge >= 0.3 is 0 Å². The number of aromatic amines is 1. The molecule has 0 unspecified atom stereocenters. The van der Waals surface area contributed by atoms with Crippen LogP contribution in [0.3, 0.4) is 0 Å². The summed E-state index contributed by atoms with van der Waals surface area (Å²) in [6.07, 6.45) is 3.84. The molecular formula is C22H26Cl2N6O4. The van der Waals surface area contributed by atoms with Gasteiger partial charge in [-0.25, -0.2) is 4.98 Å². The average Bonchev–Trinajstić information content (AvgIpc) is 3.49. The summed E-state index contributed by atoms with van der Waals surface area (Å²) >= 11 is 12.3. The molecule has 2 heterocycles. The molecule has 1 aliphatic heterocycles. The Kier molecular flexibility index (Phi) is 7.27. The van der Waals surface area contributed by atoms with E-state index in [4.69, 9.17) is 28.9 Å². The van der Waals surface area contributed by atoms with Crippen LogP contribution in [0.5, 0.6) is 0 Å². The number of rotatable bonds is 9. The van der Waals surface area contributed by atoms with E-state index in [-0.39, 0.29) is 18.2 Å². The number of benzene rings is 1. The summed E-state index contributed by atoms with van der Waals surface area (Å²) in [7, 11) is 0. The standard InChI is InChI=1S/C22H26Cl2N6O4/c23-12-5-6-13(24)17-16(12)29-19(30-17)22(34)28-15(8-10-3-4-10)21(33)27-14(18(25)31)9-11-2-1-7-26-20(11)32/h5-6,10-11,14-15H,1-4,7-9H2,(H2,25,31)(H,26,32)(H,27,33)(H,28,34)(H,29,30)/t11-,14-,15-/m0/s1. The molecule has 182 valence electrons. The fourth-order valence-electron chi connectivity index (χ4n) is 4.14. The Balaban J connectivity index is 1.47. The second kappa shape index (κ2) is 10.2. The number of nitrogens with zero attached hydrogens (tertiary/aromatic N) is 1. The van der Waals surface area contributed by atoms with Gasteiger partial charge in [0, 0.05) is 12.5 Å². The Bertz CT molecular complexity index is 1090. The first-order chi connectivity index (χ1) is 16.2. The van der Waals surface area contributed by atoms with E-state index in [9.17, 15) is 19.2 Å². The largest absolute Gasteiger partial charge is 0.368 e. The number of amides is 4. The van der Waals surface area contributed by atoms with E-state index in [0.717, 1.165) is 19.3 Å². The number of fused-ring (bicyclic) bond motifs is 1. The number of primary amides is 1. The molecule has 1 saturated carbocycles. The van der Waals surface area contributed by atoms with Crippen LogP contribution in [0, 0.1) is 11.8 Å². The highest BCUT2D eigenvalue weighted by Crippen LogP contribution is 2.34. The van der Waals surface area contributed by atoms with Crippen molar-refractivity contribution in [1.29, 1.82) is 0 Å². The number of hydrogen-bond donors (Lipinski definition) is 5. The Morgan fingerprint density at radius 3 is 2.47 bits per heavy atom. The SMILES string of the molecule is NC(=O)[C@H](C[C@@H]1CCCNC1=O)NC(=O)[C@H](CC1CC1)NC(=O)c1nc2c(Cl)ccc(Cl)c2[nH]1. The molecule has 6 N–H and O–H groups in total. The maximum atomic E-state index is 13.1. The van der Waals surface area contributed by atoms with Crippen molar-refractivity contribution in [3.63, 3.8) is 0 Å². The first-order valence-corrected chi connectivity index (χ1v) is 12.0. The maximum Gasteiger partial charge on any atom is 0.287 e. The molecule has 0 spiro atoms. The first kappa shape index (κ1) is 24.3. The molecule has 4 amide bonds. The van der Waals surface area contributed by atoms with Crippen LogP contribution < -0.4 is 21.7 Å². The van der Waals surface area contributed by atoms with Gasteiger partial charge in [-0.05, 0) is 43.7 Å². The Labute approximate surface area is 205 Å². The Hall–Kier alpha value is -2.85. The van der Waals surface area contributed by atoms with Gasteiger partial charge in [-0.2, -0.15) is 0 Å². The summed E-state index contributed by atoms with van der Waals surface area (Å²) in [6, 6.07) is 1.24. The second-order valence-electron chi connectivity index (χ2n) is 8.87. The molecule has 1 saturated heterocycles. The van der Waals surface area contributed by atoms with Crippen LogP contribution in [0.4, 0.5) is 0 Å². The number of hydrogen-bond acceptors (Lipinski definition) is 5. The predicted octanol–water partition coefficient (Wildman–Crippen LogP) is 1.65. The minimum Gasteiger partial charge on any atom is -0.368 e. The highest BCUT2D eigenvalue weighted by Gasteiger charge is 2.34. The lowest BCUT2D eigenvalue weighted by Crippen LogP contribution is -2.54. The third-order valence-electron chi connectivity index (χ3n) is 6.23. The second-order valence-corrected chi connectivity index (χ2v) is 9.69. The highest BCUT2D eigenvalue weighted by molar-refractivity contribution is 6.39. The molecule has 12 heteroatoms. The van der Waals surface area contributed by atoms with E-state index in [2.05, 4.69) is 25.9 Å². The fraction of sp³-hybridized carbons (Fsp3) is 0.500. The van der Waals surface area contributed by atoms with E-state index >= 15 is 0 Å². The molecule has 2 aliphatic rings. The molecule has 1 aromatic heterocycles. The van der Waals surface area contributed by atoms with Crippen molar-refractivity contribution in [2.24, 2.45) is 17.6 Å². The van der Waals surface area contributed by atoms with Gasteiger partial charge in [-0.15, -0.1) is 0 Å². The van der Waals surface area contributed by atoms with E-state index < -0.39 is 35.7 Å². The summed E-state index contributed by atoms with van der Waals surface area (Å²) in [4.78, 5) is 57.2. The Morgan fingerprint density at radius 1 is 1.09 bits per heavy atom. The summed E-state index contributed by atoms with van der Waals surface area (Å²) in [6.45, 7) is 0.594. The van der Waals surface area contributed by atoms with Gasteiger partial charge in [0.2, 0.25) is 17.7 Å². The third kappa shape index (κ3) is 5.61. The molecular weight excluding hydrogens is 483 g/mol. The summed E-state index contributed by atoms with van der Waals surface area (Å²) in [5.74, 6) is -2.18. The van der Waals surface area contributed by atoms with Crippen LogP contribution >= 0.6 is 23.2 Å². The normalized spacial score (nSPS) is 19.8. The number of H-pyrrole nitrogens is 1. The molecule has 34 heavy (non-hydrogen) atoms. The van der Waals surface area contributed by atoms with Crippen LogP contribution in [-0.4, -0.2) is 52.2 Å². The van der Waals surface area contributed by atoms with Crippen molar-refractivity contribution in [2.75, 3.05) is 6.54 Å². The summed E-state index contributed by atoms with van der Waals surface area (Å²) in [5, 5.41) is 8.78. The summed E-state index contributed by atoms with van der Waals surface area (Å²) < 4.78 is 0. The van der Waals surface area contributed by atoms with Crippen molar-refractivity contribution in [2.45, 2.75) is 50.6 Å². The molecule has 2 aromatic rings. The number of carbonyl (C=O) groups excluding carboxylic acids is 4. The van der Waals surface area contributed by atoms with Crippen LogP contribution in [0.15, 0.2) is 12.1 Å². The van der Waals surface area contributed by atoms with E-state index in [1.54, 1.807) is 12.1 Å². The van der Waals surface area contributed by atoms with Crippen molar-refractivity contribution >= 4 is 57.9 Å². The molecule has 1 aliphatic carbocycles. The lowest BCUT2D eigenvalue weighted by Gasteiger charge is -2.26. The number of nitrogens with two attached hydrogens (primary N) is 1. The van der Waals surface area contributed by atoms with Crippen LogP contribution in [-0.2, 0) is 14.4 Å². The van der Waals surface area contributed by atoms with Gasteiger partial charge in [0.15, 0.2) is 5.82 Å². The van der Waals surface area contributed by atoms with Gasteiger partial charge < -0.3 is 26.7 Å². The minimum absolute atomic E-state index is 0.0380. The fourth-order valence-corrected chi connectivity index (χ4v) is 4.54. The molecule has 3 atom stereocenters. The van der Waals surface area contributed by atoms with Gasteiger partial charge in [-0.3, -0.25) is 19.2 Å². The molecule has 10 nitrogen and oxygen atoms in total. The Morgan fingerprint density at radius 2 is 1.82 bits per heavy atom. The minimum atomic E-state index is -1.02. The van der Waals surface area contributed by atoms with Crippen LogP contribution in [0.2, 0.25) is 10.0 Å². The number of imidazole rings is 1. The van der Waals surface area contributed by atoms with E-state index in [1.165, 1.54) is 0 Å². The summed E-state index contributed by atoms with van der Waals surface area (Å²) in [5.41, 5.74) is 6.28. The van der Waals surface area contributed by atoms with Crippen LogP contribution in [0.25, 0.3) is 11.0 Å². The lowest BCUT2D eigenvalue weighted by molar-refractivity contribution is -0.131. The number of nitrogens with one attached hydrogen (secondary N) is 4. The van der Waals surface area contributed by atoms with E-state index in [0.29, 0.717) is 46.4 Å². The van der Waals surface area contributed by atoms with Crippen LogP contribution in [0.1, 0.15) is 49.1 Å². The quantitative estimate of drug-likeness (QED) is 0.347. The lowest BCUT2D eigenvalue weighted by atomic mass is 9.91. The van der Waals surface area contributed by atoms with Gasteiger partial charge in [0.05, 0.1) is 15.6 Å². The number of halogens is 2. The smallest absolute Gasteiger partial charge is 0.287 e. The van der Waals surface area contributed by atoms with Crippen molar-refractivity contribution in [3.05, 3.63) is 28.0 Å². The molecule has 4 rings (SSSR count). The number of piperidine rings is 1. The van der Waals surface area contributed by atoms with E-state index in [1.807, 2.05) is 0 Å². The number of aromatic nitrogens is 2. The first-order valence-electron chi connectivity index (χ1n) is 11.2. The molecule has 0 bridgehead atoms. The predicted molar refractivity (Wildman–Crippen MR) is 126 cm³/mol. The molecule has 1 aromatic carbocycles. The average molecular weight is 509 g/mol. The topological polar surface area (TPSA) is 159 Å². The third-order valence-corrected chi connectivity index (χ3v) is 6.85. The van der Waals surface area contributed by atoms with Crippen molar-refractivity contribution in [3.8, 4) is 0 Å². The zero-order chi connectivity index (χ0) is 24.4. The van der Waals surface area contributed by atoms with Crippen molar-refractivity contribution in [1.82, 2.24) is 25.9 Å². The van der Waals surface area contributed by atoms with Gasteiger partial charge in [-0.1, -0.05) is 36.0 Å². The van der Waals surface area contributed by atoms with Gasteiger partial charge in [0.25, 0.3) is 5.91 Å². The van der Waals surface area contributed by atoms with Gasteiger partial charge in [0.1, 0.15) is 17.6 Å². The number of carbonyl (C=O) groups is 4. The maximum absolute atomic E-state index is 13.1. The zero-order valence-corrected chi connectivity index (χ0v) is 19.8. The van der Waals surface area contributed by atoms with Crippen molar-refractivity contribution < 1.29 is 19.2 Å². The monoisotopic (exact) mass is 508 g/mol. The zero-order valence-electron chi connectivity index (χ0n) is 18.3. The molecule has 0 radical (unpaired) electrons.